The number of nitrogens with one attached hydrogen (secondary N) is 2. The Balaban J connectivity index is 1.77. The molecule has 32 heavy (non-hydrogen) atoms. The molecule has 0 radical (unpaired) electrons. The monoisotopic (exact) mass is 465 g/mol. The van der Waals surface area contributed by atoms with Crippen molar-refractivity contribution < 1.29 is 21.8 Å². The first kappa shape index (κ1) is 22.3. The second-order valence-electron chi connectivity index (χ2n) is 7.50. The Morgan fingerprint density at radius 1 is 1.09 bits per heavy atom. The summed E-state index contributed by atoms with van der Waals surface area (Å²) in [5.41, 5.74) is 0.258. The summed E-state index contributed by atoms with van der Waals surface area (Å²) in [5.74, 6) is -3.67. The van der Waals surface area contributed by atoms with Crippen molar-refractivity contribution in [2.45, 2.75) is 31.2 Å². The van der Waals surface area contributed by atoms with Crippen LogP contribution in [0.4, 0.5) is 17.6 Å². The van der Waals surface area contributed by atoms with Crippen LogP contribution in [-0.2, 0) is 23.8 Å². The summed E-state index contributed by atoms with van der Waals surface area (Å²) in [7, 11) is -1.97. The molecule has 0 fully saturated rings. The summed E-state index contributed by atoms with van der Waals surface area (Å²) >= 11 is 0. The maximum Gasteiger partial charge on any atom is 0.254 e. The molecule has 5 nitrogen and oxygen atoms in total. The van der Waals surface area contributed by atoms with Crippen molar-refractivity contribution >= 4 is 11.0 Å². The maximum atomic E-state index is 15.4. The molecule has 0 spiro atoms. The highest BCUT2D eigenvalue weighted by molar-refractivity contribution is 7.82. The van der Waals surface area contributed by atoms with Gasteiger partial charge in [0.05, 0.1) is 12.0 Å². The molecule has 1 aliphatic carbocycles. The molecule has 168 valence electrons. The van der Waals surface area contributed by atoms with Crippen LogP contribution in [0.25, 0.3) is 11.1 Å². The smallest absolute Gasteiger partial charge is 0.254 e. The lowest BCUT2D eigenvalue weighted by Crippen LogP contribution is -2.43. The molecule has 0 amide bonds. The number of H-pyrrole nitrogens is 1. The third-order valence-electron chi connectivity index (χ3n) is 5.66. The van der Waals surface area contributed by atoms with E-state index in [9.17, 15) is 22.2 Å². The number of hydrogen-bond donors (Lipinski definition) is 2. The Hall–Kier alpha value is -2.85. The van der Waals surface area contributed by atoms with E-state index in [2.05, 4.69) is 14.7 Å². The van der Waals surface area contributed by atoms with Crippen molar-refractivity contribution in [3.63, 3.8) is 0 Å². The van der Waals surface area contributed by atoms with Crippen LogP contribution >= 0.6 is 0 Å². The molecular weight excluding hydrogens is 446 g/mol. The van der Waals surface area contributed by atoms with Gasteiger partial charge in [-0.3, -0.25) is 4.79 Å². The van der Waals surface area contributed by atoms with Gasteiger partial charge in [0, 0.05) is 28.7 Å². The molecule has 3 aromatic rings. The van der Waals surface area contributed by atoms with Crippen molar-refractivity contribution in [3.05, 3.63) is 87.4 Å². The fourth-order valence-electron chi connectivity index (χ4n) is 4.20. The van der Waals surface area contributed by atoms with Crippen LogP contribution in [0.2, 0.25) is 0 Å². The van der Waals surface area contributed by atoms with E-state index in [1.165, 1.54) is 36.7 Å². The van der Waals surface area contributed by atoms with Crippen LogP contribution in [-0.4, -0.2) is 26.2 Å². The Bertz CT molecular complexity index is 1230. The Labute approximate surface area is 183 Å². The lowest BCUT2D eigenvalue weighted by Gasteiger charge is -2.32. The van der Waals surface area contributed by atoms with Crippen molar-refractivity contribution in [2.24, 2.45) is 0 Å². The number of fused-ring (bicyclic) bond motifs is 1. The van der Waals surface area contributed by atoms with Gasteiger partial charge in [-0.05, 0) is 30.9 Å². The highest BCUT2D eigenvalue weighted by Gasteiger charge is 2.34. The van der Waals surface area contributed by atoms with Gasteiger partial charge in [0.15, 0.2) is 17.6 Å². The van der Waals surface area contributed by atoms with E-state index >= 15 is 4.39 Å². The fraction of sp³-hybridized carbons (Fsp3) is 0.273. The number of benzene rings is 2. The molecule has 2 aromatic carbocycles. The van der Waals surface area contributed by atoms with Gasteiger partial charge in [0.2, 0.25) is 0 Å². The molecule has 0 aliphatic heterocycles. The van der Waals surface area contributed by atoms with Crippen molar-refractivity contribution in [1.82, 2.24) is 14.7 Å². The number of alkyl halides is 1. The average Bonchev–Trinajstić information content (AvgIpc) is 2.78. The van der Waals surface area contributed by atoms with Gasteiger partial charge in [-0.25, -0.2) is 31.5 Å². The van der Waals surface area contributed by atoms with Crippen LogP contribution in [0.15, 0.2) is 47.5 Å². The van der Waals surface area contributed by atoms with Crippen LogP contribution in [0, 0.1) is 17.5 Å². The lowest BCUT2D eigenvalue weighted by atomic mass is 9.78. The number of nitrogens with zero attached hydrogens (tertiary/aromatic N) is 1. The van der Waals surface area contributed by atoms with Gasteiger partial charge in [-0.1, -0.05) is 30.3 Å². The van der Waals surface area contributed by atoms with E-state index in [4.69, 9.17) is 0 Å². The minimum atomic E-state index is -1.97. The SMILES string of the molecule is O=c1[nH]cnc2c1[C@@H](Cc1cccc(-c3cccc(F)c3F)c1F)[C@@H](NS(=O)CF)CC2. The van der Waals surface area contributed by atoms with E-state index in [0.29, 0.717) is 24.1 Å². The number of rotatable bonds is 6. The summed E-state index contributed by atoms with van der Waals surface area (Å²) in [6.07, 6.45) is 2.09. The minimum Gasteiger partial charge on any atom is -0.313 e. The summed E-state index contributed by atoms with van der Waals surface area (Å²) < 4.78 is 70.8. The van der Waals surface area contributed by atoms with E-state index in [1.807, 2.05) is 0 Å². The first-order valence-electron chi connectivity index (χ1n) is 9.89. The average molecular weight is 465 g/mol. The summed E-state index contributed by atoms with van der Waals surface area (Å²) in [6.45, 7) is 0. The molecule has 2 N–H and O–H groups in total. The summed E-state index contributed by atoms with van der Waals surface area (Å²) in [6, 6.07) is 6.17. The second kappa shape index (κ2) is 9.33. The summed E-state index contributed by atoms with van der Waals surface area (Å²) in [5, 5.41) is 0. The molecular formula is C22H19F4N3O2S. The first-order chi connectivity index (χ1) is 15.4. The van der Waals surface area contributed by atoms with E-state index in [-0.39, 0.29) is 23.1 Å². The van der Waals surface area contributed by atoms with E-state index in [1.54, 1.807) is 0 Å². The number of halogens is 4. The molecule has 0 bridgehead atoms. The van der Waals surface area contributed by atoms with E-state index in [0.717, 1.165) is 6.07 Å². The number of hydrogen-bond acceptors (Lipinski definition) is 3. The molecule has 0 saturated carbocycles. The zero-order valence-electron chi connectivity index (χ0n) is 16.7. The number of aryl methyl sites for hydroxylation is 1. The van der Waals surface area contributed by atoms with Crippen molar-refractivity contribution in [2.75, 3.05) is 6.01 Å². The van der Waals surface area contributed by atoms with Gasteiger partial charge in [-0.2, -0.15) is 0 Å². The Kier molecular flexibility index (Phi) is 6.52. The molecule has 1 heterocycles. The topological polar surface area (TPSA) is 74.8 Å². The second-order valence-corrected chi connectivity index (χ2v) is 8.65. The van der Waals surface area contributed by atoms with Gasteiger partial charge in [-0.15, -0.1) is 0 Å². The van der Waals surface area contributed by atoms with Crippen LogP contribution in [0.5, 0.6) is 0 Å². The largest absolute Gasteiger partial charge is 0.313 e. The third kappa shape index (κ3) is 4.24. The molecule has 4 rings (SSSR count). The van der Waals surface area contributed by atoms with Gasteiger partial charge < -0.3 is 4.98 Å². The molecule has 10 heteroatoms. The molecule has 0 saturated heterocycles. The van der Waals surface area contributed by atoms with Gasteiger partial charge in [0.1, 0.15) is 16.8 Å². The Morgan fingerprint density at radius 2 is 1.81 bits per heavy atom. The van der Waals surface area contributed by atoms with Crippen LogP contribution in [0.1, 0.15) is 29.2 Å². The molecule has 1 aliphatic rings. The molecule has 3 atom stereocenters. The van der Waals surface area contributed by atoms with Crippen LogP contribution < -0.4 is 10.3 Å². The van der Waals surface area contributed by atoms with Crippen molar-refractivity contribution in [1.29, 1.82) is 0 Å². The third-order valence-corrected chi connectivity index (χ3v) is 6.43. The maximum absolute atomic E-state index is 15.4. The standard InChI is InChI=1S/C22H19F4N3O2S/c23-10-32(31)29-17-7-8-18-19(22(30)28-11-27-18)15(17)9-12-3-1-4-13(20(12)25)14-5-2-6-16(24)21(14)26/h1-6,11,15,17,29H,7-10H2,(H,27,28,30)/t15-,17-,32?/m0/s1. The molecule has 1 aromatic heterocycles. The van der Waals surface area contributed by atoms with Gasteiger partial charge >= 0.3 is 0 Å². The van der Waals surface area contributed by atoms with Crippen LogP contribution in [0.3, 0.4) is 0 Å². The van der Waals surface area contributed by atoms with Crippen molar-refractivity contribution in [3.8, 4) is 11.1 Å². The fourth-order valence-corrected chi connectivity index (χ4v) is 4.89. The first-order valence-corrected chi connectivity index (χ1v) is 11.2. The minimum absolute atomic E-state index is 0.0144. The number of aromatic nitrogens is 2. The molecule has 1 unspecified atom stereocenters. The zero-order valence-corrected chi connectivity index (χ0v) is 17.5. The predicted molar refractivity (Wildman–Crippen MR) is 112 cm³/mol. The zero-order chi connectivity index (χ0) is 22.8. The Morgan fingerprint density at radius 3 is 2.56 bits per heavy atom. The van der Waals surface area contributed by atoms with Gasteiger partial charge in [0.25, 0.3) is 5.56 Å². The quantitative estimate of drug-likeness (QED) is 0.546. The highest BCUT2D eigenvalue weighted by Crippen LogP contribution is 2.35. The summed E-state index contributed by atoms with van der Waals surface area (Å²) in [4.78, 5) is 19.3. The normalized spacial score (nSPS) is 18.9. The van der Waals surface area contributed by atoms with E-state index < -0.39 is 52.0 Å². The number of aromatic amines is 1. The highest BCUT2D eigenvalue weighted by atomic mass is 32.2. The lowest BCUT2D eigenvalue weighted by molar-refractivity contribution is 0.422. The predicted octanol–water partition coefficient (Wildman–Crippen LogP) is 3.68.